The molecule has 0 amide bonds. The molecule has 0 aliphatic rings. The lowest BCUT2D eigenvalue weighted by atomic mass is 10.1. The molecule has 1 heterocycles. The number of carbonyl (C=O) groups is 1. The number of hydrogen-bond acceptors (Lipinski definition) is 6. The highest BCUT2D eigenvalue weighted by molar-refractivity contribution is 7.46. The Morgan fingerprint density at radius 1 is 1.33 bits per heavy atom. The fraction of sp³-hybridized carbons (Fsp3) is 0.182. The van der Waals surface area contributed by atoms with Gasteiger partial charge in [0, 0.05) is 12.1 Å². The predicted octanol–water partition coefficient (Wildman–Crippen LogP) is 0.0912. The molecule has 0 unspecified atom stereocenters. The van der Waals surface area contributed by atoms with Gasteiger partial charge in [-0.05, 0) is 24.3 Å². The van der Waals surface area contributed by atoms with Gasteiger partial charge in [0.15, 0.2) is 5.78 Å². The number of carbonyl (C=O) groups excluding carboxylic acids is 1. The summed E-state index contributed by atoms with van der Waals surface area (Å²) in [6.07, 6.45) is 1.57. The quantitative estimate of drug-likeness (QED) is 0.503. The first-order valence-corrected chi connectivity index (χ1v) is 7.38. The topological polar surface area (TPSA) is 141 Å². The number of phosphoric acid groups is 1. The van der Waals surface area contributed by atoms with E-state index in [1.807, 2.05) is 0 Å². The highest BCUT2D eigenvalue weighted by atomic mass is 31.2. The summed E-state index contributed by atoms with van der Waals surface area (Å²) in [4.78, 5) is 29.3. The zero-order valence-corrected chi connectivity index (χ0v) is 11.7. The molecule has 1 aromatic heterocycles. The minimum absolute atomic E-state index is 0.00824. The van der Waals surface area contributed by atoms with Crippen LogP contribution in [0.15, 0.2) is 30.5 Å². The third-order valence-electron chi connectivity index (χ3n) is 2.50. The van der Waals surface area contributed by atoms with E-state index in [0.29, 0.717) is 11.3 Å². The van der Waals surface area contributed by atoms with Crippen LogP contribution in [0.3, 0.4) is 0 Å². The van der Waals surface area contributed by atoms with Crippen LogP contribution in [-0.4, -0.2) is 30.6 Å². The second-order valence-corrected chi connectivity index (χ2v) is 5.30. The Morgan fingerprint density at radius 2 is 2.00 bits per heavy atom. The van der Waals surface area contributed by atoms with Gasteiger partial charge in [0.1, 0.15) is 12.3 Å². The van der Waals surface area contributed by atoms with Crippen molar-refractivity contribution < 1.29 is 23.7 Å². The first-order valence-electron chi connectivity index (χ1n) is 5.85. The smallest absolute Gasteiger partial charge is 0.404 e. The van der Waals surface area contributed by atoms with E-state index < -0.39 is 7.82 Å². The lowest BCUT2D eigenvalue weighted by Gasteiger charge is -2.07. The summed E-state index contributed by atoms with van der Waals surface area (Å²) in [5.41, 5.74) is 6.33. The summed E-state index contributed by atoms with van der Waals surface area (Å²) in [5.74, 6) is -0.253. The highest BCUT2D eigenvalue weighted by Crippen LogP contribution is 2.37. The van der Waals surface area contributed by atoms with E-state index in [1.54, 1.807) is 6.20 Å². The van der Waals surface area contributed by atoms with Crippen molar-refractivity contribution in [3.63, 3.8) is 0 Å². The minimum atomic E-state index is -4.60. The number of Topliss-reactive ketones (excluding diaryl/α,β-unsaturated/α-hetero) is 1. The van der Waals surface area contributed by atoms with Gasteiger partial charge in [0.25, 0.3) is 0 Å². The molecule has 0 radical (unpaired) electrons. The molecule has 0 saturated carbocycles. The molecule has 2 aromatic rings. The zero-order valence-electron chi connectivity index (χ0n) is 10.8. The summed E-state index contributed by atoms with van der Waals surface area (Å²) < 4.78 is 16.4. The van der Waals surface area contributed by atoms with E-state index >= 15 is 0 Å². The highest BCUT2D eigenvalue weighted by Gasteiger charge is 2.16. The van der Waals surface area contributed by atoms with E-state index in [9.17, 15) is 9.36 Å². The fourth-order valence-corrected chi connectivity index (χ4v) is 1.98. The number of benzene rings is 1. The van der Waals surface area contributed by atoms with Gasteiger partial charge in [-0.3, -0.25) is 14.6 Å². The second-order valence-electron chi connectivity index (χ2n) is 4.14. The van der Waals surface area contributed by atoms with Gasteiger partial charge >= 0.3 is 7.82 Å². The summed E-state index contributed by atoms with van der Waals surface area (Å²) in [6.45, 7) is 0.230. The third kappa shape index (κ3) is 4.47. The van der Waals surface area contributed by atoms with E-state index in [2.05, 4.69) is 14.8 Å². The standard InChI is InChI=1S/C11H13N4O5P/c12-5-9-6-15(14-13-9)7-11(16)8-1-3-10(4-2-8)20-21(17,18)19/h1-4,6H,5,7,12H2,(H2,17,18,19). The Labute approximate surface area is 119 Å². The Hall–Kier alpha value is -2.06. The first-order chi connectivity index (χ1) is 9.87. The van der Waals surface area contributed by atoms with Crippen LogP contribution >= 0.6 is 7.82 Å². The number of phosphoric ester groups is 1. The molecule has 0 spiro atoms. The summed E-state index contributed by atoms with van der Waals surface area (Å²) in [6, 6.07) is 5.43. The molecule has 112 valence electrons. The van der Waals surface area contributed by atoms with Crippen molar-refractivity contribution in [3.05, 3.63) is 41.7 Å². The molecule has 21 heavy (non-hydrogen) atoms. The molecule has 2 rings (SSSR count). The normalized spacial score (nSPS) is 11.4. The van der Waals surface area contributed by atoms with Crippen LogP contribution in [0.25, 0.3) is 0 Å². The molecule has 9 nitrogen and oxygen atoms in total. The zero-order chi connectivity index (χ0) is 15.5. The summed E-state index contributed by atoms with van der Waals surface area (Å²) in [7, 11) is -4.60. The van der Waals surface area contributed by atoms with Gasteiger partial charge in [-0.1, -0.05) is 5.21 Å². The van der Waals surface area contributed by atoms with Crippen LogP contribution in [0.2, 0.25) is 0 Å². The average molecular weight is 312 g/mol. The Morgan fingerprint density at radius 3 is 2.52 bits per heavy atom. The Bertz CT molecular complexity index is 678. The fourth-order valence-electron chi connectivity index (χ4n) is 1.59. The van der Waals surface area contributed by atoms with Crippen LogP contribution < -0.4 is 10.3 Å². The van der Waals surface area contributed by atoms with Crippen LogP contribution in [0.5, 0.6) is 5.75 Å². The van der Waals surface area contributed by atoms with Crippen LogP contribution in [0.4, 0.5) is 0 Å². The van der Waals surface area contributed by atoms with Crippen molar-refractivity contribution in [1.29, 1.82) is 0 Å². The van der Waals surface area contributed by atoms with Gasteiger partial charge in [0.05, 0.1) is 11.9 Å². The largest absolute Gasteiger partial charge is 0.524 e. The molecular weight excluding hydrogens is 299 g/mol. The maximum absolute atomic E-state index is 12.0. The van der Waals surface area contributed by atoms with Gasteiger partial charge in [-0.2, -0.15) is 0 Å². The van der Waals surface area contributed by atoms with Crippen LogP contribution in [0.1, 0.15) is 16.1 Å². The number of hydrogen-bond donors (Lipinski definition) is 3. The lowest BCUT2D eigenvalue weighted by Crippen LogP contribution is -2.11. The molecular formula is C11H13N4O5P. The van der Waals surface area contributed by atoms with Crippen LogP contribution in [-0.2, 0) is 17.7 Å². The summed E-state index contributed by atoms with van der Waals surface area (Å²) >= 11 is 0. The van der Waals surface area contributed by atoms with Gasteiger partial charge < -0.3 is 10.3 Å². The number of rotatable bonds is 6. The number of nitrogens with two attached hydrogens (primary N) is 1. The molecule has 0 fully saturated rings. The molecule has 10 heteroatoms. The number of nitrogens with zero attached hydrogens (tertiary/aromatic N) is 3. The minimum Gasteiger partial charge on any atom is -0.404 e. The molecule has 0 aliphatic heterocycles. The van der Waals surface area contributed by atoms with E-state index in [1.165, 1.54) is 28.9 Å². The molecule has 1 aromatic carbocycles. The molecule has 4 N–H and O–H groups in total. The maximum atomic E-state index is 12.0. The van der Waals surface area contributed by atoms with Gasteiger partial charge in [-0.25, -0.2) is 9.25 Å². The van der Waals surface area contributed by atoms with Crippen molar-refractivity contribution in [2.75, 3.05) is 0 Å². The number of aromatic nitrogens is 3. The van der Waals surface area contributed by atoms with Crippen molar-refractivity contribution in [2.45, 2.75) is 13.1 Å². The van der Waals surface area contributed by atoms with Crippen molar-refractivity contribution in [1.82, 2.24) is 15.0 Å². The third-order valence-corrected chi connectivity index (χ3v) is 2.95. The van der Waals surface area contributed by atoms with Crippen molar-refractivity contribution in [2.24, 2.45) is 5.73 Å². The average Bonchev–Trinajstić information content (AvgIpc) is 2.85. The monoisotopic (exact) mass is 312 g/mol. The van der Waals surface area contributed by atoms with Crippen molar-refractivity contribution in [3.8, 4) is 5.75 Å². The maximum Gasteiger partial charge on any atom is 0.524 e. The van der Waals surface area contributed by atoms with Gasteiger partial charge in [0.2, 0.25) is 0 Å². The Kier molecular flexibility index (Phi) is 4.49. The Balaban J connectivity index is 2.04. The van der Waals surface area contributed by atoms with E-state index in [4.69, 9.17) is 15.5 Å². The second kappa shape index (κ2) is 6.15. The van der Waals surface area contributed by atoms with Crippen LogP contribution in [0, 0.1) is 0 Å². The van der Waals surface area contributed by atoms with E-state index in [0.717, 1.165) is 0 Å². The van der Waals surface area contributed by atoms with Crippen molar-refractivity contribution >= 4 is 13.6 Å². The van der Waals surface area contributed by atoms with Gasteiger partial charge in [-0.15, -0.1) is 5.10 Å². The first kappa shape index (κ1) is 15.3. The number of ketones is 1. The molecule has 0 aliphatic carbocycles. The lowest BCUT2D eigenvalue weighted by molar-refractivity contribution is 0.0967. The predicted molar refractivity (Wildman–Crippen MR) is 71.4 cm³/mol. The molecule has 0 atom stereocenters. The van der Waals surface area contributed by atoms with E-state index in [-0.39, 0.29) is 24.6 Å². The molecule has 0 saturated heterocycles. The summed E-state index contributed by atoms with van der Waals surface area (Å²) in [5, 5.41) is 7.52. The SMILES string of the molecule is NCc1cn(CC(=O)c2ccc(OP(=O)(O)O)cc2)nn1. The molecule has 0 bridgehead atoms.